The minimum Gasteiger partial charge on any atom is -0.456 e. The highest BCUT2D eigenvalue weighted by Crippen LogP contribution is 2.41. The fourth-order valence-corrected chi connectivity index (χ4v) is 8.58. The third-order valence-electron chi connectivity index (χ3n) is 11.1. The number of hydrogen-bond donors (Lipinski definition) is 0. The minimum atomic E-state index is -1.86. The molecule has 0 saturated carbocycles. The number of rotatable bonds is 3. The van der Waals surface area contributed by atoms with Gasteiger partial charge in [-0.25, -0.2) is 17.6 Å². The zero-order valence-corrected chi connectivity index (χ0v) is 28.9. The summed E-state index contributed by atoms with van der Waals surface area (Å²) in [5.74, 6) is -6.59. The van der Waals surface area contributed by atoms with Crippen molar-refractivity contribution in [3.8, 4) is 22.5 Å². The summed E-state index contributed by atoms with van der Waals surface area (Å²) in [6.07, 6.45) is 1.77. The van der Waals surface area contributed by atoms with Crippen molar-refractivity contribution >= 4 is 87.6 Å². The molecule has 12 rings (SSSR count). The smallest absolute Gasteiger partial charge is 0.199 e. The van der Waals surface area contributed by atoms with Crippen molar-refractivity contribution in [1.82, 2.24) is 14.1 Å². The van der Waals surface area contributed by atoms with Crippen LogP contribution in [0.25, 0.3) is 110 Å². The standard InChI is InChI=1S/C47H23F4N3O2/c48-42-41-29-7-2-4-9-35(29)54(47(41)45(51)44(50)43(42)49)27-14-17-38-32(22-27)31-21-25(12-16-37(31)55-38)24-11-15-36-30(20-24)28-6-1-3-8-34(28)53(36)26-13-18-39-33(23-26)46-40(56-39)10-5-19-52-46/h1-23H. The topological polar surface area (TPSA) is 49.0 Å². The van der Waals surface area contributed by atoms with Crippen LogP contribution in [0.5, 0.6) is 0 Å². The summed E-state index contributed by atoms with van der Waals surface area (Å²) >= 11 is 0. The van der Waals surface area contributed by atoms with Gasteiger partial charge < -0.3 is 18.0 Å². The Hall–Kier alpha value is -7.39. The molecule has 5 heterocycles. The molecule has 0 atom stereocenters. The zero-order valence-electron chi connectivity index (χ0n) is 28.9. The average Bonchev–Trinajstić information content (AvgIpc) is 3.99. The molecule has 0 radical (unpaired) electrons. The van der Waals surface area contributed by atoms with Crippen LogP contribution in [-0.4, -0.2) is 14.1 Å². The van der Waals surface area contributed by atoms with Crippen molar-refractivity contribution in [3.63, 3.8) is 0 Å². The maximum absolute atomic E-state index is 15.6. The van der Waals surface area contributed by atoms with Crippen LogP contribution in [0.2, 0.25) is 0 Å². The van der Waals surface area contributed by atoms with Crippen molar-refractivity contribution < 1.29 is 26.4 Å². The van der Waals surface area contributed by atoms with Gasteiger partial charge in [-0.3, -0.25) is 4.98 Å². The van der Waals surface area contributed by atoms with Crippen molar-refractivity contribution in [1.29, 1.82) is 0 Å². The molecule has 0 spiro atoms. The third kappa shape index (κ3) is 4.11. The molecule has 0 N–H and O–H groups in total. The maximum atomic E-state index is 15.6. The molecule has 0 amide bonds. The first-order valence-corrected chi connectivity index (χ1v) is 18.0. The van der Waals surface area contributed by atoms with Gasteiger partial charge >= 0.3 is 0 Å². The second kappa shape index (κ2) is 11.1. The monoisotopic (exact) mass is 737 g/mol. The first-order chi connectivity index (χ1) is 27.4. The number of fused-ring (bicyclic) bond motifs is 12. The molecule has 5 nitrogen and oxygen atoms in total. The molecule has 0 aliphatic heterocycles. The van der Waals surface area contributed by atoms with Gasteiger partial charge in [-0.05, 0) is 96.1 Å². The van der Waals surface area contributed by atoms with E-state index < -0.39 is 23.3 Å². The normalized spacial score (nSPS) is 12.3. The van der Waals surface area contributed by atoms with E-state index in [9.17, 15) is 8.78 Å². The molecular formula is C47H23F4N3O2. The van der Waals surface area contributed by atoms with Crippen LogP contribution in [0.4, 0.5) is 17.6 Å². The number of hydrogen-bond acceptors (Lipinski definition) is 3. The highest BCUT2D eigenvalue weighted by Gasteiger charge is 2.27. The van der Waals surface area contributed by atoms with E-state index in [1.165, 1.54) is 4.57 Å². The molecule has 7 aromatic carbocycles. The van der Waals surface area contributed by atoms with Gasteiger partial charge in [-0.1, -0.05) is 48.5 Å². The molecule has 0 saturated heterocycles. The predicted octanol–water partition coefficient (Wildman–Crippen LogP) is 13.3. The van der Waals surface area contributed by atoms with Crippen LogP contribution in [0.1, 0.15) is 0 Å². The molecule has 9 heteroatoms. The summed E-state index contributed by atoms with van der Waals surface area (Å²) < 4.78 is 76.0. The molecule has 5 aromatic heterocycles. The lowest BCUT2D eigenvalue weighted by molar-refractivity contribution is 0.417. The van der Waals surface area contributed by atoms with Crippen LogP contribution in [0, 0.1) is 23.3 Å². The quantitative estimate of drug-likeness (QED) is 0.103. The molecular weight excluding hydrogens is 715 g/mol. The Balaban J connectivity index is 1.03. The van der Waals surface area contributed by atoms with Gasteiger partial charge in [0.1, 0.15) is 22.3 Å². The Morgan fingerprint density at radius 2 is 0.982 bits per heavy atom. The van der Waals surface area contributed by atoms with Crippen LogP contribution in [0.15, 0.2) is 148 Å². The van der Waals surface area contributed by atoms with E-state index in [-0.39, 0.29) is 16.3 Å². The van der Waals surface area contributed by atoms with Gasteiger partial charge in [0, 0.05) is 55.3 Å². The fourth-order valence-electron chi connectivity index (χ4n) is 8.58. The van der Waals surface area contributed by atoms with Gasteiger partial charge in [-0.15, -0.1) is 0 Å². The van der Waals surface area contributed by atoms with Crippen molar-refractivity contribution in [2.75, 3.05) is 0 Å². The van der Waals surface area contributed by atoms with E-state index in [0.717, 1.165) is 71.5 Å². The lowest BCUT2D eigenvalue weighted by Crippen LogP contribution is -2.01. The summed E-state index contributed by atoms with van der Waals surface area (Å²) in [5, 5.41) is 4.61. The fraction of sp³-hybridized carbons (Fsp3) is 0. The number of halogens is 4. The Bertz CT molecular complexity index is 3670. The van der Waals surface area contributed by atoms with Crippen LogP contribution in [0.3, 0.4) is 0 Å². The first-order valence-electron chi connectivity index (χ1n) is 18.0. The summed E-state index contributed by atoms with van der Waals surface area (Å²) in [7, 11) is 0. The Labute approximate surface area is 312 Å². The predicted molar refractivity (Wildman–Crippen MR) is 213 cm³/mol. The number of aromatic nitrogens is 3. The zero-order chi connectivity index (χ0) is 37.4. The summed E-state index contributed by atoms with van der Waals surface area (Å²) in [4.78, 5) is 4.59. The van der Waals surface area contributed by atoms with Gasteiger partial charge in [0.15, 0.2) is 28.9 Å². The van der Waals surface area contributed by atoms with E-state index in [2.05, 4.69) is 58.1 Å². The summed E-state index contributed by atoms with van der Waals surface area (Å²) in [6, 6.07) is 42.6. The number of furan rings is 2. The van der Waals surface area contributed by atoms with Crippen molar-refractivity contribution in [3.05, 3.63) is 163 Å². The van der Waals surface area contributed by atoms with Crippen LogP contribution in [-0.2, 0) is 0 Å². The summed E-state index contributed by atoms with van der Waals surface area (Å²) in [5.41, 5.74) is 9.07. The number of pyridine rings is 1. The number of benzene rings is 7. The van der Waals surface area contributed by atoms with E-state index >= 15 is 8.78 Å². The minimum absolute atomic E-state index is 0.265. The van der Waals surface area contributed by atoms with E-state index in [4.69, 9.17) is 8.83 Å². The molecule has 0 fully saturated rings. The van der Waals surface area contributed by atoms with Gasteiger partial charge in [0.2, 0.25) is 0 Å². The van der Waals surface area contributed by atoms with E-state index in [0.29, 0.717) is 22.4 Å². The van der Waals surface area contributed by atoms with Gasteiger partial charge in [0.05, 0.1) is 22.1 Å². The molecule has 0 aliphatic rings. The first kappa shape index (κ1) is 31.0. The van der Waals surface area contributed by atoms with E-state index in [1.54, 1.807) is 42.6 Å². The van der Waals surface area contributed by atoms with Crippen LogP contribution < -0.4 is 0 Å². The SMILES string of the molecule is Fc1c(F)c(F)c2c(c1F)c1ccccc1n2-c1ccc2oc3ccc(-c4ccc5c(c4)c4ccccc4n5-c4ccc5oc6cccnc6c5c4)cc3c2c1. The van der Waals surface area contributed by atoms with Gasteiger partial charge in [-0.2, -0.15) is 0 Å². The lowest BCUT2D eigenvalue weighted by Gasteiger charge is -2.10. The third-order valence-corrected chi connectivity index (χ3v) is 11.1. The Kier molecular flexibility index (Phi) is 6.14. The van der Waals surface area contributed by atoms with Crippen molar-refractivity contribution in [2.45, 2.75) is 0 Å². The van der Waals surface area contributed by atoms with Crippen LogP contribution >= 0.6 is 0 Å². The Morgan fingerprint density at radius 3 is 1.79 bits per heavy atom. The average molecular weight is 738 g/mol. The maximum Gasteiger partial charge on any atom is 0.199 e. The highest BCUT2D eigenvalue weighted by molar-refractivity contribution is 6.13. The molecule has 0 unspecified atom stereocenters. The molecule has 0 bridgehead atoms. The van der Waals surface area contributed by atoms with Crippen molar-refractivity contribution in [2.24, 2.45) is 0 Å². The van der Waals surface area contributed by atoms with E-state index in [1.807, 2.05) is 48.5 Å². The highest BCUT2D eigenvalue weighted by atomic mass is 19.2. The largest absolute Gasteiger partial charge is 0.456 e. The Morgan fingerprint density at radius 1 is 0.411 bits per heavy atom. The molecule has 0 aliphatic carbocycles. The second-order valence-electron chi connectivity index (χ2n) is 14.0. The number of nitrogens with zero attached hydrogens (tertiary/aromatic N) is 3. The lowest BCUT2D eigenvalue weighted by atomic mass is 10.0. The summed E-state index contributed by atoms with van der Waals surface area (Å²) in [6.45, 7) is 0. The molecule has 266 valence electrons. The van der Waals surface area contributed by atoms with Gasteiger partial charge in [0.25, 0.3) is 0 Å². The molecule has 56 heavy (non-hydrogen) atoms. The molecule has 12 aromatic rings. The number of para-hydroxylation sites is 2. The second-order valence-corrected chi connectivity index (χ2v) is 14.0.